The van der Waals surface area contributed by atoms with E-state index >= 15 is 0 Å². The first-order valence-corrected chi connectivity index (χ1v) is 12.2. The molecule has 0 aliphatic carbocycles. The molecule has 2 aromatic carbocycles. The van der Waals surface area contributed by atoms with Crippen molar-refractivity contribution in [3.05, 3.63) is 97.8 Å². The molecule has 4 rings (SSSR count). The van der Waals surface area contributed by atoms with Crippen LogP contribution in [0.5, 0.6) is 0 Å². The number of nitro groups is 1. The quantitative estimate of drug-likeness (QED) is 0.218. The van der Waals surface area contributed by atoms with Gasteiger partial charge < -0.3 is 14.1 Å². The van der Waals surface area contributed by atoms with E-state index in [0.29, 0.717) is 16.5 Å². The first-order chi connectivity index (χ1) is 17.1. The normalized spacial score (nSPS) is 12.2. The SMILES string of the molecule is Cc1ccc2c(c1)c(-c1ccc[nH]c1=O)c(C(=O)N[S+]([O-])C(C)C)n2Cc1cc([N+](=O)[O-])ccc1F. The van der Waals surface area contributed by atoms with Gasteiger partial charge in [0.25, 0.3) is 11.2 Å². The molecule has 0 fully saturated rings. The van der Waals surface area contributed by atoms with Crippen molar-refractivity contribution >= 4 is 33.9 Å². The molecule has 0 radical (unpaired) electrons. The van der Waals surface area contributed by atoms with Crippen LogP contribution in [-0.2, 0) is 17.9 Å². The summed E-state index contributed by atoms with van der Waals surface area (Å²) in [7, 11) is 0. The second-order valence-electron chi connectivity index (χ2n) is 8.55. The highest BCUT2D eigenvalue weighted by atomic mass is 32.2. The van der Waals surface area contributed by atoms with Gasteiger partial charge in [0.1, 0.15) is 16.8 Å². The fourth-order valence-corrected chi connectivity index (χ4v) is 4.50. The predicted octanol–water partition coefficient (Wildman–Crippen LogP) is 4.20. The van der Waals surface area contributed by atoms with Gasteiger partial charge in [0, 0.05) is 45.9 Å². The molecule has 0 spiro atoms. The van der Waals surface area contributed by atoms with Crippen LogP contribution in [0, 0.1) is 22.9 Å². The van der Waals surface area contributed by atoms with Crippen molar-refractivity contribution in [2.75, 3.05) is 0 Å². The fraction of sp³-hybridized carbons (Fsp3) is 0.200. The standard InChI is InChI=1S/C25H23FN4O5S/c1-14(2)36(35)28-25(32)23-22(18-5-4-10-27-24(18)31)19-11-15(3)6-9-21(19)29(23)13-16-12-17(30(33)34)7-8-20(16)26/h4-12,14H,13H2,1-3H3,(H,27,31)(H,28,32). The lowest BCUT2D eigenvalue weighted by Gasteiger charge is -2.16. The molecule has 2 N–H and O–H groups in total. The van der Waals surface area contributed by atoms with Gasteiger partial charge in [-0.1, -0.05) is 11.6 Å². The Bertz CT molecular complexity index is 1550. The average molecular weight is 511 g/mol. The van der Waals surface area contributed by atoms with E-state index in [0.717, 1.165) is 23.8 Å². The maximum absolute atomic E-state index is 14.8. The van der Waals surface area contributed by atoms with Crippen molar-refractivity contribution in [3.63, 3.8) is 0 Å². The van der Waals surface area contributed by atoms with Crippen molar-refractivity contribution in [3.8, 4) is 11.1 Å². The molecule has 2 aromatic heterocycles. The number of hydrogen-bond donors (Lipinski definition) is 2. The molecular formula is C25H23FN4O5S. The molecule has 1 atom stereocenters. The van der Waals surface area contributed by atoms with E-state index < -0.39 is 33.6 Å². The molecule has 1 amide bonds. The summed E-state index contributed by atoms with van der Waals surface area (Å²) in [5, 5.41) is 11.5. The largest absolute Gasteiger partial charge is 0.593 e. The molecule has 2 heterocycles. The van der Waals surface area contributed by atoms with Crippen molar-refractivity contribution in [1.82, 2.24) is 14.3 Å². The maximum atomic E-state index is 14.8. The zero-order valence-corrected chi connectivity index (χ0v) is 20.5. The summed E-state index contributed by atoms with van der Waals surface area (Å²) >= 11 is -1.73. The van der Waals surface area contributed by atoms with Crippen molar-refractivity contribution in [2.24, 2.45) is 0 Å². The lowest BCUT2D eigenvalue weighted by molar-refractivity contribution is -0.385. The molecule has 0 aliphatic heterocycles. The number of amides is 1. The summed E-state index contributed by atoms with van der Waals surface area (Å²) in [6.45, 7) is 4.96. The maximum Gasteiger partial charge on any atom is 0.309 e. The number of aromatic amines is 1. The minimum atomic E-state index is -1.73. The second-order valence-corrected chi connectivity index (χ2v) is 10.3. The molecule has 0 aliphatic rings. The number of halogens is 1. The van der Waals surface area contributed by atoms with Gasteiger partial charge in [0.05, 0.1) is 22.8 Å². The number of non-ortho nitro benzene ring substituents is 1. The number of nitrogens with one attached hydrogen (secondary N) is 2. The second kappa shape index (κ2) is 9.96. The molecule has 11 heteroatoms. The van der Waals surface area contributed by atoms with E-state index in [1.165, 1.54) is 10.8 Å². The lowest BCUT2D eigenvalue weighted by atomic mass is 10.0. The zero-order valence-electron chi connectivity index (χ0n) is 19.7. The lowest BCUT2D eigenvalue weighted by Crippen LogP contribution is -2.37. The molecule has 186 valence electrons. The monoisotopic (exact) mass is 510 g/mol. The Labute approximate surface area is 208 Å². The molecule has 9 nitrogen and oxygen atoms in total. The van der Waals surface area contributed by atoms with Crippen LogP contribution in [-0.4, -0.2) is 30.2 Å². The average Bonchev–Trinajstić information content (AvgIpc) is 3.13. The summed E-state index contributed by atoms with van der Waals surface area (Å²) < 4.78 is 31.3. The molecule has 1 unspecified atom stereocenters. The number of hydrogen-bond acceptors (Lipinski definition) is 5. The van der Waals surface area contributed by atoms with Gasteiger partial charge in [-0.05, 0) is 51.1 Å². The highest BCUT2D eigenvalue weighted by Gasteiger charge is 2.29. The van der Waals surface area contributed by atoms with Crippen LogP contribution in [0.4, 0.5) is 10.1 Å². The number of carbonyl (C=O) groups excluding carboxylic acids is 1. The topological polar surface area (TPSA) is 133 Å². The van der Waals surface area contributed by atoms with Crippen LogP contribution in [0.3, 0.4) is 0 Å². The van der Waals surface area contributed by atoms with Gasteiger partial charge in [-0.2, -0.15) is 4.72 Å². The smallest absolute Gasteiger partial charge is 0.309 e. The highest BCUT2D eigenvalue weighted by molar-refractivity contribution is 7.90. The molecule has 0 bridgehead atoms. The minimum Gasteiger partial charge on any atom is -0.593 e. The van der Waals surface area contributed by atoms with Crippen LogP contribution in [0.2, 0.25) is 0 Å². The highest BCUT2D eigenvalue weighted by Crippen LogP contribution is 2.35. The number of rotatable bonds is 7. The van der Waals surface area contributed by atoms with Gasteiger partial charge >= 0.3 is 5.91 Å². The van der Waals surface area contributed by atoms with Crippen LogP contribution in [0.25, 0.3) is 22.0 Å². The summed E-state index contributed by atoms with van der Waals surface area (Å²) in [6, 6.07) is 11.7. The van der Waals surface area contributed by atoms with Crippen molar-refractivity contribution in [2.45, 2.75) is 32.6 Å². The number of nitro benzene ring substituents is 1. The fourth-order valence-electron chi connectivity index (χ4n) is 3.98. The summed E-state index contributed by atoms with van der Waals surface area (Å²) in [6.07, 6.45) is 1.46. The summed E-state index contributed by atoms with van der Waals surface area (Å²) in [4.78, 5) is 39.6. The van der Waals surface area contributed by atoms with E-state index in [4.69, 9.17) is 0 Å². The Morgan fingerprint density at radius 2 is 1.97 bits per heavy atom. The number of aryl methyl sites for hydroxylation is 1. The number of H-pyrrole nitrogens is 1. The Hall–Kier alpha value is -3.96. The first-order valence-electron chi connectivity index (χ1n) is 11.0. The number of pyridine rings is 1. The Morgan fingerprint density at radius 3 is 2.64 bits per heavy atom. The third-order valence-electron chi connectivity index (χ3n) is 5.71. The van der Waals surface area contributed by atoms with E-state index in [9.17, 15) is 28.6 Å². The van der Waals surface area contributed by atoms with Gasteiger partial charge in [-0.3, -0.25) is 19.7 Å². The van der Waals surface area contributed by atoms with Crippen LogP contribution >= 0.6 is 0 Å². The molecule has 36 heavy (non-hydrogen) atoms. The van der Waals surface area contributed by atoms with Crippen molar-refractivity contribution in [1.29, 1.82) is 0 Å². The molecule has 0 saturated carbocycles. The van der Waals surface area contributed by atoms with Crippen LogP contribution in [0.1, 0.15) is 35.5 Å². The number of benzene rings is 2. The van der Waals surface area contributed by atoms with Gasteiger partial charge in [0.2, 0.25) is 0 Å². The number of aromatic nitrogens is 2. The summed E-state index contributed by atoms with van der Waals surface area (Å²) in [5.41, 5.74) is 1.08. The predicted molar refractivity (Wildman–Crippen MR) is 136 cm³/mol. The van der Waals surface area contributed by atoms with E-state index in [1.54, 1.807) is 44.2 Å². The Morgan fingerprint density at radius 1 is 1.22 bits per heavy atom. The third-order valence-corrected chi connectivity index (χ3v) is 6.95. The van der Waals surface area contributed by atoms with Gasteiger partial charge in [-0.25, -0.2) is 4.39 Å². The molecule has 0 saturated heterocycles. The van der Waals surface area contributed by atoms with Crippen molar-refractivity contribution < 1.29 is 18.7 Å². The van der Waals surface area contributed by atoms with E-state index in [1.807, 2.05) is 6.92 Å². The number of nitrogens with zero attached hydrogens (tertiary/aromatic N) is 2. The Kier molecular flexibility index (Phi) is 6.95. The molecular weight excluding hydrogens is 487 g/mol. The third kappa shape index (κ3) is 4.75. The van der Waals surface area contributed by atoms with Gasteiger partial charge in [0.15, 0.2) is 0 Å². The van der Waals surface area contributed by atoms with E-state index in [-0.39, 0.29) is 34.3 Å². The van der Waals surface area contributed by atoms with Crippen LogP contribution in [0.15, 0.2) is 59.5 Å². The van der Waals surface area contributed by atoms with Gasteiger partial charge in [-0.15, -0.1) is 0 Å². The molecule has 4 aromatic rings. The van der Waals surface area contributed by atoms with E-state index in [2.05, 4.69) is 9.71 Å². The first kappa shape index (κ1) is 25.1. The number of fused-ring (bicyclic) bond motifs is 1. The summed E-state index contributed by atoms with van der Waals surface area (Å²) in [5.74, 6) is -1.41. The number of carbonyl (C=O) groups is 1. The Balaban J connectivity index is 2.04. The minimum absolute atomic E-state index is 0.00722. The van der Waals surface area contributed by atoms with Crippen LogP contribution < -0.4 is 10.3 Å². The zero-order chi connectivity index (χ0) is 26.1.